The SMILES string of the molecule is O=C(O)CC(c1ccc(Cl)cc1)N1CC(=O)CC1=O. The van der Waals surface area contributed by atoms with Crippen LogP contribution in [0.5, 0.6) is 0 Å². The highest BCUT2D eigenvalue weighted by Gasteiger charge is 2.34. The Morgan fingerprint density at radius 1 is 1.32 bits per heavy atom. The van der Waals surface area contributed by atoms with Crippen molar-refractivity contribution in [1.82, 2.24) is 4.90 Å². The topological polar surface area (TPSA) is 74.7 Å². The smallest absolute Gasteiger partial charge is 0.305 e. The molecule has 1 fully saturated rings. The van der Waals surface area contributed by atoms with E-state index in [-0.39, 0.29) is 31.1 Å². The number of ketones is 1. The average Bonchev–Trinajstić information content (AvgIpc) is 2.66. The summed E-state index contributed by atoms with van der Waals surface area (Å²) in [5.41, 5.74) is 0.662. The highest BCUT2D eigenvalue weighted by molar-refractivity contribution is 6.30. The number of benzene rings is 1. The second-order valence-corrected chi connectivity index (χ2v) is 4.84. The van der Waals surface area contributed by atoms with Crippen molar-refractivity contribution in [2.75, 3.05) is 6.54 Å². The molecule has 1 aliphatic rings. The Hall–Kier alpha value is -1.88. The first-order valence-corrected chi connectivity index (χ1v) is 6.13. The Labute approximate surface area is 114 Å². The van der Waals surface area contributed by atoms with Crippen LogP contribution in [0, 0.1) is 0 Å². The molecule has 0 spiro atoms. The van der Waals surface area contributed by atoms with Crippen molar-refractivity contribution in [3.63, 3.8) is 0 Å². The Kier molecular flexibility index (Phi) is 3.85. The molecule has 5 nitrogen and oxygen atoms in total. The van der Waals surface area contributed by atoms with Gasteiger partial charge in [-0.1, -0.05) is 23.7 Å². The summed E-state index contributed by atoms with van der Waals surface area (Å²) in [6.45, 7) is -0.0284. The van der Waals surface area contributed by atoms with Crippen LogP contribution in [0.2, 0.25) is 5.02 Å². The van der Waals surface area contributed by atoms with Gasteiger partial charge < -0.3 is 10.0 Å². The van der Waals surface area contributed by atoms with Gasteiger partial charge in [-0.05, 0) is 17.7 Å². The van der Waals surface area contributed by atoms with Crippen LogP contribution in [0.1, 0.15) is 24.4 Å². The molecule has 0 saturated carbocycles. The van der Waals surface area contributed by atoms with E-state index in [9.17, 15) is 14.4 Å². The van der Waals surface area contributed by atoms with E-state index in [4.69, 9.17) is 16.7 Å². The maximum absolute atomic E-state index is 11.7. The maximum atomic E-state index is 11.7. The third-order valence-corrected chi connectivity index (χ3v) is 3.27. The highest BCUT2D eigenvalue weighted by atomic mass is 35.5. The van der Waals surface area contributed by atoms with E-state index >= 15 is 0 Å². The summed E-state index contributed by atoms with van der Waals surface area (Å²) in [6, 6.07) is 5.98. The number of amides is 1. The van der Waals surface area contributed by atoms with Gasteiger partial charge >= 0.3 is 5.97 Å². The van der Waals surface area contributed by atoms with E-state index in [0.717, 1.165) is 0 Å². The van der Waals surface area contributed by atoms with Crippen LogP contribution in [0.4, 0.5) is 0 Å². The van der Waals surface area contributed by atoms with Gasteiger partial charge in [-0.25, -0.2) is 0 Å². The van der Waals surface area contributed by atoms with Gasteiger partial charge in [0.1, 0.15) is 0 Å². The molecule has 1 aromatic carbocycles. The fraction of sp³-hybridized carbons (Fsp3) is 0.308. The van der Waals surface area contributed by atoms with Crippen molar-refractivity contribution in [2.45, 2.75) is 18.9 Å². The molecular weight excluding hydrogens is 270 g/mol. The zero-order valence-corrected chi connectivity index (χ0v) is 10.8. The third-order valence-electron chi connectivity index (χ3n) is 3.01. The maximum Gasteiger partial charge on any atom is 0.305 e. The van der Waals surface area contributed by atoms with E-state index in [1.54, 1.807) is 24.3 Å². The summed E-state index contributed by atoms with van der Waals surface area (Å²) in [7, 11) is 0. The second kappa shape index (κ2) is 5.40. The number of aliphatic carboxylic acids is 1. The largest absolute Gasteiger partial charge is 0.481 e. The molecule has 0 bridgehead atoms. The summed E-state index contributed by atoms with van der Waals surface area (Å²) in [5.74, 6) is -1.53. The number of Topliss-reactive ketones (excluding diaryl/α,β-unsaturated/α-hetero) is 1. The molecule has 1 aliphatic heterocycles. The van der Waals surface area contributed by atoms with Crippen molar-refractivity contribution in [3.05, 3.63) is 34.9 Å². The molecular formula is C13H12ClNO4. The molecule has 0 radical (unpaired) electrons. The van der Waals surface area contributed by atoms with Crippen molar-refractivity contribution in [3.8, 4) is 0 Å². The molecule has 1 unspecified atom stereocenters. The number of hydrogen-bond acceptors (Lipinski definition) is 3. The standard InChI is InChI=1S/C13H12ClNO4/c14-9-3-1-8(2-4-9)11(6-13(18)19)15-7-10(16)5-12(15)17/h1-4,11H,5-7H2,(H,18,19). The van der Waals surface area contributed by atoms with E-state index in [0.29, 0.717) is 10.6 Å². The fourth-order valence-corrected chi connectivity index (χ4v) is 2.27. The Balaban J connectivity index is 2.30. The molecule has 1 N–H and O–H groups in total. The van der Waals surface area contributed by atoms with Gasteiger partial charge in [0.15, 0.2) is 5.78 Å². The zero-order valence-electron chi connectivity index (χ0n) is 10.0. The third kappa shape index (κ3) is 3.12. The lowest BCUT2D eigenvalue weighted by Crippen LogP contribution is -2.32. The van der Waals surface area contributed by atoms with Crippen LogP contribution < -0.4 is 0 Å². The first kappa shape index (κ1) is 13.5. The number of rotatable bonds is 4. The molecule has 0 aromatic heterocycles. The number of carbonyl (C=O) groups is 3. The van der Waals surface area contributed by atoms with Crippen LogP contribution in [-0.4, -0.2) is 34.2 Å². The summed E-state index contributed by atoms with van der Waals surface area (Å²) in [6.07, 6.45) is -0.385. The van der Waals surface area contributed by atoms with Crippen LogP contribution in [0.15, 0.2) is 24.3 Å². The monoisotopic (exact) mass is 281 g/mol. The molecule has 6 heteroatoms. The van der Waals surface area contributed by atoms with Crippen molar-refractivity contribution < 1.29 is 19.5 Å². The number of carboxylic acids is 1. The van der Waals surface area contributed by atoms with Gasteiger partial charge in [0.2, 0.25) is 5.91 Å². The lowest BCUT2D eigenvalue weighted by atomic mass is 10.0. The van der Waals surface area contributed by atoms with Gasteiger partial charge in [-0.3, -0.25) is 14.4 Å². The van der Waals surface area contributed by atoms with E-state index in [2.05, 4.69) is 0 Å². The van der Waals surface area contributed by atoms with Crippen LogP contribution >= 0.6 is 11.6 Å². The van der Waals surface area contributed by atoms with Gasteiger partial charge in [-0.15, -0.1) is 0 Å². The molecule has 19 heavy (non-hydrogen) atoms. The Bertz CT molecular complexity index is 526. The van der Waals surface area contributed by atoms with Gasteiger partial charge in [0.25, 0.3) is 0 Å². The minimum absolute atomic E-state index is 0.0284. The number of halogens is 1. The predicted molar refractivity (Wildman–Crippen MR) is 67.8 cm³/mol. The van der Waals surface area contributed by atoms with Gasteiger partial charge in [0, 0.05) is 5.02 Å². The summed E-state index contributed by atoms with van der Waals surface area (Å²) < 4.78 is 0. The molecule has 1 atom stereocenters. The summed E-state index contributed by atoms with van der Waals surface area (Å²) in [5, 5.41) is 9.49. The quantitative estimate of drug-likeness (QED) is 0.852. The average molecular weight is 282 g/mol. The van der Waals surface area contributed by atoms with Gasteiger partial charge in [-0.2, -0.15) is 0 Å². The molecule has 0 aliphatic carbocycles. The minimum atomic E-state index is -1.02. The van der Waals surface area contributed by atoms with Crippen molar-refractivity contribution in [2.24, 2.45) is 0 Å². The fourth-order valence-electron chi connectivity index (χ4n) is 2.15. The number of carboxylic acid groups (broad SMARTS) is 1. The number of likely N-dealkylation sites (tertiary alicyclic amines) is 1. The summed E-state index contributed by atoms with van der Waals surface area (Å²) in [4.78, 5) is 35.3. The van der Waals surface area contributed by atoms with Crippen LogP contribution in [0.3, 0.4) is 0 Å². The lowest BCUT2D eigenvalue weighted by molar-refractivity contribution is -0.140. The number of hydrogen-bond donors (Lipinski definition) is 1. The van der Waals surface area contributed by atoms with E-state index in [1.165, 1.54) is 4.90 Å². The highest BCUT2D eigenvalue weighted by Crippen LogP contribution is 2.28. The first-order valence-electron chi connectivity index (χ1n) is 5.76. The molecule has 1 aromatic rings. The molecule has 1 saturated heterocycles. The van der Waals surface area contributed by atoms with E-state index in [1.807, 2.05) is 0 Å². The number of nitrogens with zero attached hydrogens (tertiary/aromatic N) is 1. The van der Waals surface area contributed by atoms with Crippen LogP contribution in [0.25, 0.3) is 0 Å². The normalized spacial score (nSPS) is 16.8. The second-order valence-electron chi connectivity index (χ2n) is 4.40. The Morgan fingerprint density at radius 2 is 1.95 bits per heavy atom. The molecule has 1 amide bonds. The Morgan fingerprint density at radius 3 is 2.42 bits per heavy atom. The molecule has 100 valence electrons. The van der Waals surface area contributed by atoms with Gasteiger partial charge in [0.05, 0.1) is 25.4 Å². The first-order chi connectivity index (χ1) is 8.97. The van der Waals surface area contributed by atoms with Crippen molar-refractivity contribution in [1.29, 1.82) is 0 Å². The lowest BCUT2D eigenvalue weighted by Gasteiger charge is -2.26. The number of carbonyl (C=O) groups excluding carboxylic acids is 2. The predicted octanol–water partition coefficient (Wildman–Crippen LogP) is 1.66. The van der Waals surface area contributed by atoms with Crippen LogP contribution in [-0.2, 0) is 14.4 Å². The molecule has 2 rings (SSSR count). The summed E-state index contributed by atoms with van der Waals surface area (Å²) >= 11 is 5.78. The minimum Gasteiger partial charge on any atom is -0.481 e. The molecule has 1 heterocycles. The zero-order chi connectivity index (χ0) is 14.0. The van der Waals surface area contributed by atoms with Crippen molar-refractivity contribution >= 4 is 29.3 Å². The van der Waals surface area contributed by atoms with E-state index < -0.39 is 12.0 Å².